The first-order valence-corrected chi connectivity index (χ1v) is 3.69. The molecule has 0 aromatic heterocycles. The molecular weight excluding hydrogens is 152 g/mol. The molecule has 1 saturated heterocycles. The second kappa shape index (κ2) is 2.85. The third-order valence-electron chi connectivity index (χ3n) is 1.96. The van der Waals surface area contributed by atoms with Gasteiger partial charge in [0.1, 0.15) is 5.78 Å². The highest BCUT2D eigenvalue weighted by Crippen LogP contribution is 2.29. The molecule has 0 aromatic carbocycles. The minimum atomic E-state index is -2.83. The fraction of sp³-hybridized carbons (Fsp3) is 0.857. The van der Waals surface area contributed by atoms with Crippen molar-refractivity contribution in [2.45, 2.75) is 19.3 Å². The average molecular weight is 163 g/mol. The highest BCUT2D eigenvalue weighted by atomic mass is 19.3. The highest BCUT2D eigenvalue weighted by molar-refractivity contribution is 5.82. The van der Waals surface area contributed by atoms with Crippen molar-refractivity contribution in [3.63, 3.8) is 0 Å². The van der Waals surface area contributed by atoms with Crippen molar-refractivity contribution < 1.29 is 13.6 Å². The second-order valence-corrected chi connectivity index (χ2v) is 2.76. The number of nitrogens with one attached hydrogen (secondary N) is 1. The Kier molecular flexibility index (Phi) is 2.23. The van der Waals surface area contributed by atoms with Crippen LogP contribution in [0.5, 0.6) is 0 Å². The van der Waals surface area contributed by atoms with Gasteiger partial charge in [-0.05, 0) is 0 Å². The van der Waals surface area contributed by atoms with Gasteiger partial charge in [-0.25, -0.2) is 8.78 Å². The van der Waals surface area contributed by atoms with Gasteiger partial charge in [0.25, 0.3) is 5.92 Å². The zero-order chi connectivity index (χ0) is 8.48. The fourth-order valence-electron chi connectivity index (χ4n) is 1.25. The Hall–Kier alpha value is -0.510. The predicted octanol–water partition coefficient (Wildman–Crippen LogP) is 0.820. The van der Waals surface area contributed by atoms with Crippen LogP contribution in [0.25, 0.3) is 0 Å². The molecule has 4 heteroatoms. The Morgan fingerprint density at radius 1 is 1.73 bits per heavy atom. The van der Waals surface area contributed by atoms with Crippen molar-refractivity contribution in [1.82, 2.24) is 5.32 Å². The Bertz CT molecular complexity index is 170. The van der Waals surface area contributed by atoms with Crippen molar-refractivity contribution in [2.24, 2.45) is 5.92 Å². The number of carbonyl (C=O) groups is 1. The van der Waals surface area contributed by atoms with E-state index in [-0.39, 0.29) is 25.3 Å². The lowest BCUT2D eigenvalue weighted by atomic mass is 9.98. The topological polar surface area (TPSA) is 29.1 Å². The second-order valence-electron chi connectivity index (χ2n) is 2.76. The lowest BCUT2D eigenvalue weighted by Gasteiger charge is -2.14. The molecule has 1 aliphatic heterocycles. The van der Waals surface area contributed by atoms with Crippen molar-refractivity contribution in [3.8, 4) is 0 Å². The number of alkyl halides is 2. The van der Waals surface area contributed by atoms with E-state index in [9.17, 15) is 13.6 Å². The monoisotopic (exact) mass is 163 g/mol. The molecule has 0 spiro atoms. The summed E-state index contributed by atoms with van der Waals surface area (Å²) in [5, 5.41) is 2.51. The van der Waals surface area contributed by atoms with E-state index in [0.29, 0.717) is 0 Å². The standard InChI is InChI=1S/C7H11F2NO/c1-2-6(11)5-3-10-4-7(5,8)9/h5,10H,2-4H2,1H3. The van der Waals surface area contributed by atoms with E-state index in [4.69, 9.17) is 0 Å². The molecule has 64 valence electrons. The van der Waals surface area contributed by atoms with E-state index in [1.807, 2.05) is 0 Å². The van der Waals surface area contributed by atoms with E-state index in [1.165, 1.54) is 0 Å². The number of ketones is 1. The van der Waals surface area contributed by atoms with Gasteiger partial charge in [0.2, 0.25) is 0 Å². The maximum Gasteiger partial charge on any atom is 0.271 e. The molecule has 1 heterocycles. The molecule has 2 nitrogen and oxygen atoms in total. The minimum absolute atomic E-state index is 0.125. The van der Waals surface area contributed by atoms with Gasteiger partial charge in [-0.2, -0.15) is 0 Å². The number of rotatable bonds is 2. The molecule has 0 radical (unpaired) electrons. The molecule has 0 aromatic rings. The summed E-state index contributed by atoms with van der Waals surface area (Å²) in [6, 6.07) is 0. The Morgan fingerprint density at radius 3 is 2.73 bits per heavy atom. The van der Waals surface area contributed by atoms with Gasteiger partial charge in [0.05, 0.1) is 12.5 Å². The fourth-order valence-corrected chi connectivity index (χ4v) is 1.25. The van der Waals surface area contributed by atoms with E-state index < -0.39 is 11.8 Å². The first kappa shape index (κ1) is 8.59. The number of Topliss-reactive ketones (excluding diaryl/α,β-unsaturated/α-hetero) is 1. The van der Waals surface area contributed by atoms with E-state index >= 15 is 0 Å². The third kappa shape index (κ3) is 1.56. The normalized spacial score (nSPS) is 28.8. The van der Waals surface area contributed by atoms with Gasteiger partial charge in [-0.3, -0.25) is 4.79 Å². The van der Waals surface area contributed by atoms with Crippen LogP contribution in [0.2, 0.25) is 0 Å². The largest absolute Gasteiger partial charge is 0.310 e. The van der Waals surface area contributed by atoms with Crippen molar-refractivity contribution in [2.75, 3.05) is 13.1 Å². The summed E-state index contributed by atoms with van der Waals surface area (Å²) in [7, 11) is 0. The zero-order valence-corrected chi connectivity index (χ0v) is 6.36. The summed E-state index contributed by atoms with van der Waals surface area (Å²) >= 11 is 0. The summed E-state index contributed by atoms with van der Waals surface area (Å²) in [4.78, 5) is 10.9. The summed E-state index contributed by atoms with van der Waals surface area (Å²) in [6.07, 6.45) is 0.196. The van der Waals surface area contributed by atoms with Crippen LogP contribution in [0.15, 0.2) is 0 Å². The summed E-state index contributed by atoms with van der Waals surface area (Å²) in [5.41, 5.74) is 0. The van der Waals surface area contributed by atoms with Gasteiger partial charge in [0.15, 0.2) is 0 Å². The summed E-state index contributed by atoms with van der Waals surface area (Å²) < 4.78 is 25.5. The molecule has 0 aliphatic carbocycles. The molecule has 0 amide bonds. The van der Waals surface area contributed by atoms with E-state index in [0.717, 1.165) is 0 Å². The molecule has 0 bridgehead atoms. The van der Waals surface area contributed by atoms with Crippen molar-refractivity contribution in [3.05, 3.63) is 0 Å². The van der Waals surface area contributed by atoms with Crippen LogP contribution in [-0.2, 0) is 4.79 Å². The quantitative estimate of drug-likeness (QED) is 0.653. The molecule has 1 unspecified atom stereocenters. The van der Waals surface area contributed by atoms with Crippen LogP contribution in [0.3, 0.4) is 0 Å². The summed E-state index contributed by atoms with van der Waals surface area (Å²) in [6.45, 7) is 1.37. The van der Waals surface area contributed by atoms with Gasteiger partial charge in [-0.15, -0.1) is 0 Å². The predicted molar refractivity (Wildman–Crippen MR) is 36.6 cm³/mol. The number of halogens is 2. The van der Waals surface area contributed by atoms with Crippen LogP contribution < -0.4 is 5.32 Å². The molecule has 1 N–H and O–H groups in total. The zero-order valence-electron chi connectivity index (χ0n) is 6.36. The molecular formula is C7H11F2NO. The molecule has 0 saturated carbocycles. The molecule has 1 rings (SSSR count). The lowest BCUT2D eigenvalue weighted by Crippen LogP contribution is -2.32. The van der Waals surface area contributed by atoms with Gasteiger partial charge in [0, 0.05) is 13.0 Å². The third-order valence-corrected chi connectivity index (χ3v) is 1.96. The van der Waals surface area contributed by atoms with Crippen LogP contribution in [0.1, 0.15) is 13.3 Å². The van der Waals surface area contributed by atoms with Gasteiger partial charge < -0.3 is 5.32 Å². The van der Waals surface area contributed by atoms with Gasteiger partial charge in [-0.1, -0.05) is 6.92 Å². The Labute approximate surface area is 64.0 Å². The molecule has 1 aliphatic rings. The maximum atomic E-state index is 12.8. The van der Waals surface area contributed by atoms with Crippen LogP contribution in [0.4, 0.5) is 8.78 Å². The first-order valence-electron chi connectivity index (χ1n) is 3.69. The Morgan fingerprint density at radius 2 is 2.36 bits per heavy atom. The minimum Gasteiger partial charge on any atom is -0.310 e. The maximum absolute atomic E-state index is 12.8. The van der Waals surface area contributed by atoms with Crippen LogP contribution in [0, 0.1) is 5.92 Å². The number of hydrogen-bond acceptors (Lipinski definition) is 2. The Balaban J connectivity index is 2.64. The SMILES string of the molecule is CCC(=O)C1CNCC1(F)F. The average Bonchev–Trinajstić information content (AvgIpc) is 2.28. The number of carbonyl (C=O) groups excluding carboxylic acids is 1. The number of hydrogen-bond donors (Lipinski definition) is 1. The molecule has 1 fully saturated rings. The van der Waals surface area contributed by atoms with Crippen molar-refractivity contribution in [1.29, 1.82) is 0 Å². The molecule has 11 heavy (non-hydrogen) atoms. The smallest absolute Gasteiger partial charge is 0.271 e. The lowest BCUT2D eigenvalue weighted by molar-refractivity contribution is -0.131. The van der Waals surface area contributed by atoms with E-state index in [1.54, 1.807) is 6.92 Å². The van der Waals surface area contributed by atoms with Crippen LogP contribution in [-0.4, -0.2) is 24.8 Å². The van der Waals surface area contributed by atoms with E-state index in [2.05, 4.69) is 5.32 Å². The first-order chi connectivity index (χ1) is 5.08. The van der Waals surface area contributed by atoms with Gasteiger partial charge >= 0.3 is 0 Å². The van der Waals surface area contributed by atoms with Crippen LogP contribution >= 0.6 is 0 Å². The molecule has 1 atom stereocenters. The summed E-state index contributed by atoms with van der Waals surface area (Å²) in [5.74, 6) is -4.26. The highest BCUT2D eigenvalue weighted by Gasteiger charge is 2.47. The van der Waals surface area contributed by atoms with Crippen molar-refractivity contribution >= 4 is 5.78 Å².